The van der Waals surface area contributed by atoms with Gasteiger partial charge in [-0.2, -0.15) is 0 Å². The standard InChI is InChI=1S/C9H14N2.2ClH/c1-3-7-5-8(10)4-6(2)9(7)11;;/h4-5H,3,10-11H2,1-2H3;2*1H. The largest absolute Gasteiger partial charge is 0.399 e. The van der Waals surface area contributed by atoms with Gasteiger partial charge in [-0.1, -0.05) is 6.92 Å². The molecule has 0 aliphatic heterocycles. The molecule has 1 aromatic carbocycles. The number of halogens is 2. The minimum atomic E-state index is 0. The average Bonchev–Trinajstić information content (AvgIpc) is 1.96. The molecule has 0 saturated carbocycles. The Bertz CT molecular complexity index is 275. The van der Waals surface area contributed by atoms with E-state index in [1.807, 2.05) is 19.1 Å². The van der Waals surface area contributed by atoms with Gasteiger partial charge >= 0.3 is 0 Å². The van der Waals surface area contributed by atoms with Crippen molar-refractivity contribution in [2.75, 3.05) is 11.5 Å². The Morgan fingerprint density at radius 3 is 2.15 bits per heavy atom. The first kappa shape index (κ1) is 14.9. The van der Waals surface area contributed by atoms with Crippen LogP contribution < -0.4 is 11.5 Å². The van der Waals surface area contributed by atoms with Crippen LogP contribution in [0.4, 0.5) is 11.4 Å². The van der Waals surface area contributed by atoms with Crippen LogP contribution in [0.25, 0.3) is 0 Å². The summed E-state index contributed by atoms with van der Waals surface area (Å²) in [6.45, 7) is 4.05. The summed E-state index contributed by atoms with van der Waals surface area (Å²) in [5.74, 6) is 0. The maximum atomic E-state index is 5.81. The predicted octanol–water partition coefficient (Wildman–Crippen LogP) is 2.57. The Balaban J connectivity index is 0. The molecule has 1 aromatic rings. The summed E-state index contributed by atoms with van der Waals surface area (Å²) in [4.78, 5) is 0. The number of hydrogen-bond donors (Lipinski definition) is 2. The smallest absolute Gasteiger partial charge is 0.0377 e. The second-order valence-electron chi connectivity index (χ2n) is 2.76. The van der Waals surface area contributed by atoms with Crippen LogP contribution in [0.2, 0.25) is 0 Å². The van der Waals surface area contributed by atoms with Crippen molar-refractivity contribution < 1.29 is 0 Å². The molecule has 0 saturated heterocycles. The SMILES string of the molecule is CCc1cc(N)cc(C)c1N.Cl.Cl. The first-order chi connectivity index (χ1) is 5.15. The molecule has 0 amide bonds. The molecular formula is C9H16Cl2N2. The van der Waals surface area contributed by atoms with Crippen molar-refractivity contribution in [3.63, 3.8) is 0 Å². The van der Waals surface area contributed by atoms with Crippen LogP contribution in [0.1, 0.15) is 18.1 Å². The zero-order valence-electron chi connectivity index (χ0n) is 7.83. The highest BCUT2D eigenvalue weighted by Gasteiger charge is 2.00. The van der Waals surface area contributed by atoms with Crippen LogP contribution in [-0.2, 0) is 6.42 Å². The van der Waals surface area contributed by atoms with E-state index in [0.29, 0.717) is 0 Å². The van der Waals surface area contributed by atoms with Gasteiger partial charge in [-0.05, 0) is 36.6 Å². The Labute approximate surface area is 91.5 Å². The minimum Gasteiger partial charge on any atom is -0.399 e. The fourth-order valence-corrected chi connectivity index (χ4v) is 1.19. The van der Waals surface area contributed by atoms with Gasteiger partial charge in [0.05, 0.1) is 0 Å². The third-order valence-electron chi connectivity index (χ3n) is 1.88. The lowest BCUT2D eigenvalue weighted by molar-refractivity contribution is 1.14. The zero-order valence-corrected chi connectivity index (χ0v) is 9.47. The van der Waals surface area contributed by atoms with E-state index in [0.717, 1.165) is 28.9 Å². The first-order valence-electron chi connectivity index (χ1n) is 3.79. The topological polar surface area (TPSA) is 52.0 Å². The number of rotatable bonds is 1. The molecule has 2 nitrogen and oxygen atoms in total. The van der Waals surface area contributed by atoms with Crippen molar-refractivity contribution in [3.8, 4) is 0 Å². The molecular weight excluding hydrogens is 207 g/mol. The van der Waals surface area contributed by atoms with Gasteiger partial charge in [0.1, 0.15) is 0 Å². The fourth-order valence-electron chi connectivity index (χ4n) is 1.19. The van der Waals surface area contributed by atoms with Gasteiger partial charge < -0.3 is 11.5 Å². The third kappa shape index (κ3) is 3.33. The summed E-state index contributed by atoms with van der Waals surface area (Å²) in [5.41, 5.74) is 15.3. The number of hydrogen-bond acceptors (Lipinski definition) is 2. The van der Waals surface area contributed by atoms with Crippen molar-refractivity contribution in [1.29, 1.82) is 0 Å². The highest BCUT2D eigenvalue weighted by molar-refractivity contribution is 5.85. The zero-order chi connectivity index (χ0) is 8.43. The molecule has 0 bridgehead atoms. The van der Waals surface area contributed by atoms with Gasteiger partial charge in [-0.25, -0.2) is 0 Å². The summed E-state index contributed by atoms with van der Waals surface area (Å²) in [5, 5.41) is 0. The molecule has 13 heavy (non-hydrogen) atoms. The summed E-state index contributed by atoms with van der Waals surface area (Å²) in [7, 11) is 0. The molecule has 0 radical (unpaired) electrons. The van der Waals surface area contributed by atoms with Gasteiger partial charge in [0.15, 0.2) is 0 Å². The molecule has 0 unspecified atom stereocenters. The van der Waals surface area contributed by atoms with Gasteiger partial charge in [0, 0.05) is 11.4 Å². The number of benzene rings is 1. The minimum absolute atomic E-state index is 0. The molecule has 76 valence electrons. The van der Waals surface area contributed by atoms with E-state index in [2.05, 4.69) is 6.92 Å². The molecule has 0 aliphatic rings. The van der Waals surface area contributed by atoms with E-state index < -0.39 is 0 Å². The van der Waals surface area contributed by atoms with E-state index in [1.165, 1.54) is 0 Å². The maximum absolute atomic E-state index is 5.81. The van der Waals surface area contributed by atoms with Crippen LogP contribution in [0.15, 0.2) is 12.1 Å². The third-order valence-corrected chi connectivity index (χ3v) is 1.88. The van der Waals surface area contributed by atoms with Crippen molar-refractivity contribution in [1.82, 2.24) is 0 Å². The number of nitrogen functional groups attached to an aromatic ring is 2. The molecule has 4 N–H and O–H groups in total. The Morgan fingerprint density at radius 1 is 1.15 bits per heavy atom. The second-order valence-corrected chi connectivity index (χ2v) is 2.76. The lowest BCUT2D eigenvalue weighted by Gasteiger charge is -2.07. The van der Waals surface area contributed by atoms with Crippen LogP contribution in [-0.4, -0.2) is 0 Å². The van der Waals surface area contributed by atoms with Gasteiger partial charge in [-0.15, -0.1) is 24.8 Å². The predicted molar refractivity (Wildman–Crippen MR) is 63.9 cm³/mol. The summed E-state index contributed by atoms with van der Waals surface area (Å²) < 4.78 is 0. The number of aryl methyl sites for hydroxylation is 2. The van der Waals surface area contributed by atoms with Gasteiger partial charge in [0.2, 0.25) is 0 Å². The monoisotopic (exact) mass is 222 g/mol. The van der Waals surface area contributed by atoms with Crippen LogP contribution in [0, 0.1) is 6.92 Å². The molecule has 0 heterocycles. The van der Waals surface area contributed by atoms with E-state index in [1.54, 1.807) is 0 Å². The van der Waals surface area contributed by atoms with Crippen molar-refractivity contribution >= 4 is 36.2 Å². The summed E-state index contributed by atoms with van der Waals surface area (Å²) >= 11 is 0. The molecule has 0 atom stereocenters. The van der Waals surface area contributed by atoms with Gasteiger partial charge in [0.25, 0.3) is 0 Å². The maximum Gasteiger partial charge on any atom is 0.0377 e. The lowest BCUT2D eigenvalue weighted by atomic mass is 10.1. The average molecular weight is 223 g/mol. The lowest BCUT2D eigenvalue weighted by Crippen LogP contribution is -1.98. The van der Waals surface area contributed by atoms with Crippen LogP contribution >= 0.6 is 24.8 Å². The van der Waals surface area contributed by atoms with E-state index in [-0.39, 0.29) is 24.8 Å². The van der Waals surface area contributed by atoms with Crippen molar-refractivity contribution in [2.45, 2.75) is 20.3 Å². The van der Waals surface area contributed by atoms with E-state index in [9.17, 15) is 0 Å². The molecule has 0 spiro atoms. The van der Waals surface area contributed by atoms with Crippen LogP contribution in [0.5, 0.6) is 0 Å². The quantitative estimate of drug-likeness (QED) is 0.719. The summed E-state index contributed by atoms with van der Waals surface area (Å²) in [6, 6.07) is 3.83. The van der Waals surface area contributed by atoms with Crippen molar-refractivity contribution in [2.24, 2.45) is 0 Å². The fraction of sp³-hybridized carbons (Fsp3) is 0.333. The molecule has 1 rings (SSSR count). The molecule has 0 fully saturated rings. The normalized spacial score (nSPS) is 8.46. The number of anilines is 2. The van der Waals surface area contributed by atoms with Crippen LogP contribution in [0.3, 0.4) is 0 Å². The van der Waals surface area contributed by atoms with Gasteiger partial charge in [-0.3, -0.25) is 0 Å². The molecule has 0 aliphatic carbocycles. The Morgan fingerprint density at radius 2 is 1.69 bits per heavy atom. The Hall–Kier alpha value is -0.600. The highest BCUT2D eigenvalue weighted by Crippen LogP contribution is 2.20. The molecule has 0 aromatic heterocycles. The molecule has 4 heteroatoms. The van der Waals surface area contributed by atoms with Crippen molar-refractivity contribution in [3.05, 3.63) is 23.3 Å². The summed E-state index contributed by atoms with van der Waals surface area (Å²) in [6.07, 6.45) is 0.942. The number of nitrogens with two attached hydrogens (primary N) is 2. The van der Waals surface area contributed by atoms with E-state index >= 15 is 0 Å². The highest BCUT2D eigenvalue weighted by atomic mass is 35.5. The second kappa shape index (κ2) is 5.95. The van der Waals surface area contributed by atoms with E-state index in [4.69, 9.17) is 11.5 Å². The first-order valence-corrected chi connectivity index (χ1v) is 3.79. The Kier molecular flexibility index (Phi) is 6.82.